The van der Waals surface area contributed by atoms with Crippen LogP contribution < -0.4 is 5.32 Å². The lowest BCUT2D eigenvalue weighted by atomic mass is 10.1. The standard InChI is InChI=1S/C18H20FNS/c1-13-4-2-3-5-15(13)12-21-18-9-14(8-16(19)10-18)11-20-17-6-7-17/h2-5,8-10,17,20H,6-7,11-12H2,1H3. The van der Waals surface area contributed by atoms with Crippen LogP contribution in [-0.2, 0) is 12.3 Å². The second-order valence-electron chi connectivity index (χ2n) is 5.67. The van der Waals surface area contributed by atoms with Gasteiger partial charge >= 0.3 is 0 Å². The van der Waals surface area contributed by atoms with Crippen LogP contribution in [0.25, 0.3) is 0 Å². The largest absolute Gasteiger partial charge is 0.310 e. The Hall–Kier alpha value is -1.32. The Morgan fingerprint density at radius 2 is 2.00 bits per heavy atom. The molecule has 0 aliphatic heterocycles. The van der Waals surface area contributed by atoms with Gasteiger partial charge in [0.15, 0.2) is 0 Å². The van der Waals surface area contributed by atoms with Gasteiger partial charge in [0.05, 0.1) is 0 Å². The summed E-state index contributed by atoms with van der Waals surface area (Å²) in [5, 5.41) is 3.43. The van der Waals surface area contributed by atoms with E-state index in [1.54, 1.807) is 23.9 Å². The highest BCUT2D eigenvalue weighted by atomic mass is 32.2. The van der Waals surface area contributed by atoms with Gasteiger partial charge in [-0.05, 0) is 54.7 Å². The van der Waals surface area contributed by atoms with Crippen LogP contribution in [-0.4, -0.2) is 6.04 Å². The Kier molecular flexibility index (Phi) is 4.61. The minimum Gasteiger partial charge on any atom is -0.310 e. The van der Waals surface area contributed by atoms with Gasteiger partial charge in [0.25, 0.3) is 0 Å². The van der Waals surface area contributed by atoms with Crippen LogP contribution in [0.1, 0.15) is 29.5 Å². The van der Waals surface area contributed by atoms with Gasteiger partial charge in [0.2, 0.25) is 0 Å². The van der Waals surface area contributed by atoms with Gasteiger partial charge in [-0.15, -0.1) is 11.8 Å². The fourth-order valence-electron chi connectivity index (χ4n) is 2.29. The van der Waals surface area contributed by atoms with E-state index < -0.39 is 0 Å². The maximum atomic E-state index is 13.7. The molecule has 0 spiro atoms. The van der Waals surface area contributed by atoms with Crippen LogP contribution in [0.2, 0.25) is 0 Å². The fraction of sp³-hybridized carbons (Fsp3) is 0.333. The molecule has 0 unspecified atom stereocenters. The molecule has 21 heavy (non-hydrogen) atoms. The summed E-state index contributed by atoms with van der Waals surface area (Å²) in [6.07, 6.45) is 2.51. The molecule has 0 aromatic heterocycles. The Morgan fingerprint density at radius 1 is 1.19 bits per heavy atom. The minimum absolute atomic E-state index is 0.141. The summed E-state index contributed by atoms with van der Waals surface area (Å²) in [7, 11) is 0. The number of nitrogens with one attached hydrogen (secondary N) is 1. The molecule has 1 aliphatic carbocycles. The van der Waals surface area contributed by atoms with Gasteiger partial charge in [0.1, 0.15) is 5.82 Å². The molecule has 2 aromatic carbocycles. The van der Waals surface area contributed by atoms with Crippen LogP contribution in [0.3, 0.4) is 0 Å². The van der Waals surface area contributed by atoms with Crippen molar-refractivity contribution in [2.45, 2.75) is 43.0 Å². The maximum Gasteiger partial charge on any atom is 0.124 e. The van der Waals surface area contributed by atoms with Crippen LogP contribution in [0, 0.1) is 12.7 Å². The summed E-state index contributed by atoms with van der Waals surface area (Å²) in [5.74, 6) is 0.739. The molecule has 1 aliphatic rings. The molecule has 0 saturated heterocycles. The number of thioether (sulfide) groups is 1. The van der Waals surface area contributed by atoms with E-state index in [0.717, 1.165) is 22.8 Å². The molecule has 1 nitrogen and oxygen atoms in total. The van der Waals surface area contributed by atoms with E-state index in [2.05, 4.69) is 36.5 Å². The van der Waals surface area contributed by atoms with Crippen molar-refractivity contribution >= 4 is 11.8 Å². The van der Waals surface area contributed by atoms with Gasteiger partial charge in [-0.1, -0.05) is 24.3 Å². The molecule has 0 heterocycles. The van der Waals surface area contributed by atoms with Crippen molar-refractivity contribution in [1.82, 2.24) is 5.32 Å². The zero-order valence-electron chi connectivity index (χ0n) is 12.2. The molecule has 3 heteroatoms. The summed E-state index contributed by atoms with van der Waals surface area (Å²) in [6.45, 7) is 2.88. The average molecular weight is 301 g/mol. The quantitative estimate of drug-likeness (QED) is 0.778. The number of hydrogen-bond acceptors (Lipinski definition) is 2. The number of halogens is 1. The van der Waals surface area contributed by atoms with Crippen molar-refractivity contribution in [2.75, 3.05) is 0 Å². The van der Waals surface area contributed by atoms with E-state index in [1.807, 2.05) is 6.07 Å². The van der Waals surface area contributed by atoms with Crippen molar-refractivity contribution in [3.8, 4) is 0 Å². The molecule has 1 fully saturated rings. The van der Waals surface area contributed by atoms with Crippen molar-refractivity contribution in [3.63, 3.8) is 0 Å². The first kappa shape index (κ1) is 14.6. The summed E-state index contributed by atoms with van der Waals surface area (Å²) in [5.41, 5.74) is 3.63. The van der Waals surface area contributed by atoms with Gasteiger partial charge in [-0.25, -0.2) is 4.39 Å². The van der Waals surface area contributed by atoms with E-state index in [9.17, 15) is 4.39 Å². The Balaban J connectivity index is 1.65. The first-order chi connectivity index (χ1) is 10.2. The third-order valence-corrected chi connectivity index (χ3v) is 4.78. The first-order valence-corrected chi connectivity index (χ1v) is 8.39. The van der Waals surface area contributed by atoms with Gasteiger partial charge in [-0.3, -0.25) is 0 Å². The monoisotopic (exact) mass is 301 g/mol. The van der Waals surface area contributed by atoms with Crippen LogP contribution >= 0.6 is 11.8 Å². The van der Waals surface area contributed by atoms with Crippen LogP contribution in [0.4, 0.5) is 4.39 Å². The topological polar surface area (TPSA) is 12.0 Å². The predicted molar refractivity (Wildman–Crippen MR) is 87.0 cm³/mol. The van der Waals surface area contributed by atoms with Crippen molar-refractivity contribution in [1.29, 1.82) is 0 Å². The van der Waals surface area contributed by atoms with E-state index >= 15 is 0 Å². The van der Waals surface area contributed by atoms with Crippen LogP contribution in [0.5, 0.6) is 0 Å². The first-order valence-electron chi connectivity index (χ1n) is 7.41. The SMILES string of the molecule is Cc1ccccc1CSc1cc(F)cc(CNC2CC2)c1. The lowest BCUT2D eigenvalue weighted by molar-refractivity contribution is 0.615. The highest BCUT2D eigenvalue weighted by molar-refractivity contribution is 7.98. The van der Waals surface area contributed by atoms with E-state index in [0.29, 0.717) is 6.04 Å². The number of aryl methyl sites for hydroxylation is 1. The van der Waals surface area contributed by atoms with Gasteiger partial charge in [0, 0.05) is 23.2 Å². The average Bonchev–Trinajstić information content (AvgIpc) is 3.28. The van der Waals surface area contributed by atoms with E-state index in [-0.39, 0.29) is 5.82 Å². The van der Waals surface area contributed by atoms with Crippen molar-refractivity contribution < 1.29 is 4.39 Å². The molecular weight excluding hydrogens is 281 g/mol. The highest BCUT2D eigenvalue weighted by Gasteiger charge is 2.20. The number of rotatable bonds is 6. The zero-order valence-corrected chi connectivity index (χ0v) is 13.0. The summed E-state index contributed by atoms with van der Waals surface area (Å²) in [6, 6.07) is 14.4. The van der Waals surface area contributed by atoms with Gasteiger partial charge < -0.3 is 5.32 Å². The Morgan fingerprint density at radius 3 is 2.76 bits per heavy atom. The second-order valence-corrected chi connectivity index (χ2v) is 6.71. The molecule has 1 saturated carbocycles. The Labute approximate surface area is 130 Å². The molecule has 1 N–H and O–H groups in total. The molecule has 2 aromatic rings. The number of hydrogen-bond donors (Lipinski definition) is 1. The smallest absolute Gasteiger partial charge is 0.124 e. The molecule has 0 amide bonds. The third kappa shape index (κ3) is 4.32. The molecule has 110 valence electrons. The molecule has 0 radical (unpaired) electrons. The third-order valence-electron chi connectivity index (χ3n) is 3.76. The summed E-state index contributed by atoms with van der Waals surface area (Å²) < 4.78 is 13.7. The number of benzene rings is 2. The second kappa shape index (κ2) is 6.63. The minimum atomic E-state index is -0.141. The highest BCUT2D eigenvalue weighted by Crippen LogP contribution is 2.26. The molecule has 0 atom stereocenters. The fourth-order valence-corrected chi connectivity index (χ4v) is 3.37. The normalized spacial score (nSPS) is 14.4. The van der Waals surface area contributed by atoms with E-state index in [1.165, 1.54) is 24.0 Å². The lowest BCUT2D eigenvalue weighted by Gasteiger charge is -2.08. The summed E-state index contributed by atoms with van der Waals surface area (Å²) in [4.78, 5) is 1.01. The van der Waals surface area contributed by atoms with Crippen molar-refractivity contribution in [2.24, 2.45) is 0 Å². The van der Waals surface area contributed by atoms with Crippen LogP contribution in [0.15, 0.2) is 47.4 Å². The zero-order chi connectivity index (χ0) is 14.7. The lowest BCUT2D eigenvalue weighted by Crippen LogP contribution is -2.15. The maximum absolute atomic E-state index is 13.7. The Bertz CT molecular complexity index is 622. The molecule has 3 rings (SSSR count). The molecule has 0 bridgehead atoms. The molecular formula is C18H20FNS. The van der Waals surface area contributed by atoms with Gasteiger partial charge in [-0.2, -0.15) is 0 Å². The predicted octanol–water partition coefficient (Wildman–Crippen LogP) is 4.68. The van der Waals surface area contributed by atoms with Crippen molar-refractivity contribution in [3.05, 3.63) is 65.0 Å². The van der Waals surface area contributed by atoms with E-state index in [4.69, 9.17) is 0 Å². The summed E-state index contributed by atoms with van der Waals surface area (Å²) >= 11 is 1.70.